The van der Waals surface area contributed by atoms with Crippen LogP contribution in [0.3, 0.4) is 0 Å². The van der Waals surface area contributed by atoms with Gasteiger partial charge in [0.2, 0.25) is 0 Å². The smallest absolute Gasteiger partial charge is 0.270 e. The van der Waals surface area contributed by atoms with Crippen molar-refractivity contribution in [3.8, 4) is 0 Å². The summed E-state index contributed by atoms with van der Waals surface area (Å²) in [6, 6.07) is 16.6. The number of hydrogen-bond donors (Lipinski definition) is 0. The maximum Gasteiger partial charge on any atom is 0.270 e. The quantitative estimate of drug-likeness (QED) is 0.688. The number of amides is 1. The summed E-state index contributed by atoms with van der Waals surface area (Å²) in [5.74, 6) is 0.211. The Morgan fingerprint density at radius 3 is 2.82 bits per heavy atom. The summed E-state index contributed by atoms with van der Waals surface area (Å²) in [5.41, 5.74) is 2.16. The fourth-order valence-corrected chi connectivity index (χ4v) is 4.58. The van der Waals surface area contributed by atoms with Crippen molar-refractivity contribution < 1.29 is 13.9 Å². The van der Waals surface area contributed by atoms with E-state index in [2.05, 4.69) is 0 Å². The minimum atomic E-state index is -0.248. The molecule has 2 saturated heterocycles. The Bertz CT molecular complexity index is 1030. The Morgan fingerprint density at radius 1 is 1.11 bits per heavy atom. The van der Waals surface area contributed by atoms with Crippen molar-refractivity contribution in [2.45, 2.75) is 25.5 Å². The monoisotopic (exact) mass is 378 g/mol. The number of benzene rings is 2. The zero-order valence-electron chi connectivity index (χ0n) is 15.7. The Labute approximate surface area is 163 Å². The summed E-state index contributed by atoms with van der Waals surface area (Å²) in [5, 5.41) is 1.00. The van der Waals surface area contributed by atoms with Crippen LogP contribution in [0.5, 0.6) is 0 Å². The van der Waals surface area contributed by atoms with Crippen LogP contribution in [-0.2, 0) is 11.3 Å². The number of rotatable bonds is 3. The van der Waals surface area contributed by atoms with E-state index in [1.807, 2.05) is 45.9 Å². The van der Waals surface area contributed by atoms with Crippen molar-refractivity contribution in [3.05, 3.63) is 71.7 Å². The fraction of sp³-hybridized carbons (Fsp3) is 0.348. The van der Waals surface area contributed by atoms with Crippen LogP contribution in [0.1, 0.15) is 28.9 Å². The van der Waals surface area contributed by atoms with E-state index >= 15 is 0 Å². The highest BCUT2D eigenvalue weighted by atomic mass is 19.1. The minimum Gasteiger partial charge on any atom is -0.378 e. The molecule has 5 heteroatoms. The second kappa shape index (κ2) is 7.06. The van der Waals surface area contributed by atoms with Crippen LogP contribution in [0, 0.1) is 11.7 Å². The molecule has 28 heavy (non-hydrogen) atoms. The molecule has 0 aliphatic carbocycles. The first kappa shape index (κ1) is 17.4. The van der Waals surface area contributed by atoms with E-state index in [0.717, 1.165) is 36.9 Å². The van der Waals surface area contributed by atoms with Crippen molar-refractivity contribution in [3.63, 3.8) is 0 Å². The predicted octanol–water partition coefficient (Wildman–Crippen LogP) is 4.08. The number of halogens is 1. The van der Waals surface area contributed by atoms with E-state index in [4.69, 9.17) is 4.74 Å². The van der Waals surface area contributed by atoms with E-state index in [-0.39, 0.29) is 11.7 Å². The lowest BCUT2D eigenvalue weighted by Crippen LogP contribution is -2.45. The Morgan fingerprint density at radius 2 is 1.93 bits per heavy atom. The average Bonchev–Trinajstić information content (AvgIpc) is 3.33. The molecule has 2 aliphatic heterocycles. The van der Waals surface area contributed by atoms with Gasteiger partial charge in [-0.1, -0.05) is 36.4 Å². The molecular formula is C23H23FN2O2. The third-order valence-corrected chi connectivity index (χ3v) is 6.09. The molecule has 3 aromatic rings. The van der Waals surface area contributed by atoms with E-state index in [1.54, 1.807) is 12.1 Å². The highest BCUT2D eigenvalue weighted by molar-refractivity contribution is 5.99. The first-order valence-corrected chi connectivity index (χ1v) is 9.93. The average molecular weight is 378 g/mol. The molecule has 2 aromatic carbocycles. The Balaban J connectivity index is 1.51. The molecule has 0 saturated carbocycles. The van der Waals surface area contributed by atoms with E-state index < -0.39 is 0 Å². The van der Waals surface area contributed by atoms with Crippen LogP contribution >= 0.6 is 0 Å². The van der Waals surface area contributed by atoms with Gasteiger partial charge in [0.25, 0.3) is 5.91 Å². The molecule has 144 valence electrons. The molecule has 0 N–H and O–H groups in total. The van der Waals surface area contributed by atoms with Gasteiger partial charge in [0.1, 0.15) is 11.5 Å². The normalized spacial score (nSPS) is 21.8. The van der Waals surface area contributed by atoms with Crippen molar-refractivity contribution in [1.29, 1.82) is 0 Å². The summed E-state index contributed by atoms with van der Waals surface area (Å²) >= 11 is 0. The molecule has 2 atom stereocenters. The topological polar surface area (TPSA) is 34.5 Å². The van der Waals surface area contributed by atoms with E-state index in [0.29, 0.717) is 36.4 Å². The summed E-state index contributed by atoms with van der Waals surface area (Å²) in [6.07, 6.45) is 2.21. The predicted molar refractivity (Wildman–Crippen MR) is 106 cm³/mol. The molecule has 0 unspecified atom stereocenters. The first-order chi connectivity index (χ1) is 13.7. The third kappa shape index (κ3) is 3.00. The zero-order chi connectivity index (χ0) is 19.1. The van der Waals surface area contributed by atoms with Crippen LogP contribution in [0.15, 0.2) is 54.6 Å². The lowest BCUT2D eigenvalue weighted by Gasteiger charge is -2.34. The number of nitrogens with zero attached hydrogens (tertiary/aromatic N) is 2. The Hall–Kier alpha value is -2.66. The highest BCUT2D eigenvalue weighted by Gasteiger charge is 2.36. The second-order valence-electron chi connectivity index (χ2n) is 7.76. The second-order valence-corrected chi connectivity index (χ2v) is 7.76. The van der Waals surface area contributed by atoms with Gasteiger partial charge < -0.3 is 14.2 Å². The largest absolute Gasteiger partial charge is 0.378 e. The maximum absolute atomic E-state index is 14.3. The van der Waals surface area contributed by atoms with Gasteiger partial charge in [0.15, 0.2) is 0 Å². The van der Waals surface area contributed by atoms with Gasteiger partial charge in [0.05, 0.1) is 12.6 Å². The van der Waals surface area contributed by atoms with Gasteiger partial charge >= 0.3 is 0 Å². The molecule has 0 spiro atoms. The standard InChI is InChI=1S/C23H23FN2O2/c24-19-7-3-1-6-17(19)15-26-20-8-4-2-5-16(20)13-21(26)23(27)25-11-9-22-18(14-25)10-12-28-22/h1-8,13,18,22H,9-12,14-15H2/t18-,22+/m0/s1. The van der Waals surface area contributed by atoms with Crippen molar-refractivity contribution in [1.82, 2.24) is 9.47 Å². The van der Waals surface area contributed by atoms with Crippen LogP contribution in [0.25, 0.3) is 10.9 Å². The summed E-state index contributed by atoms with van der Waals surface area (Å²) < 4.78 is 22.0. The molecule has 2 aliphatic rings. The molecule has 2 fully saturated rings. The molecule has 4 nitrogen and oxygen atoms in total. The zero-order valence-corrected chi connectivity index (χ0v) is 15.7. The number of hydrogen-bond acceptors (Lipinski definition) is 2. The molecule has 0 bridgehead atoms. The number of aromatic nitrogens is 1. The van der Waals surface area contributed by atoms with Gasteiger partial charge in [-0.2, -0.15) is 0 Å². The van der Waals surface area contributed by atoms with Crippen LogP contribution in [0.2, 0.25) is 0 Å². The molecule has 1 amide bonds. The van der Waals surface area contributed by atoms with Gasteiger partial charge in [0, 0.05) is 42.1 Å². The number of fused-ring (bicyclic) bond motifs is 2. The van der Waals surface area contributed by atoms with Gasteiger partial charge in [-0.25, -0.2) is 4.39 Å². The van der Waals surface area contributed by atoms with E-state index in [9.17, 15) is 9.18 Å². The molecule has 0 radical (unpaired) electrons. The van der Waals surface area contributed by atoms with Crippen molar-refractivity contribution in [2.24, 2.45) is 5.92 Å². The maximum atomic E-state index is 14.3. The van der Waals surface area contributed by atoms with E-state index in [1.165, 1.54) is 6.07 Å². The minimum absolute atomic E-state index is 0.0258. The molecular weight excluding hydrogens is 355 g/mol. The molecule has 5 rings (SSSR count). The van der Waals surface area contributed by atoms with Gasteiger partial charge in [-0.3, -0.25) is 4.79 Å². The van der Waals surface area contributed by atoms with Crippen molar-refractivity contribution in [2.75, 3.05) is 19.7 Å². The van der Waals surface area contributed by atoms with Crippen LogP contribution in [-0.4, -0.2) is 41.2 Å². The molecule has 1 aromatic heterocycles. The van der Waals surface area contributed by atoms with Crippen LogP contribution in [0.4, 0.5) is 4.39 Å². The summed E-state index contributed by atoms with van der Waals surface area (Å²) in [7, 11) is 0. The summed E-state index contributed by atoms with van der Waals surface area (Å²) in [6.45, 7) is 2.58. The Kier molecular flexibility index (Phi) is 4.40. The van der Waals surface area contributed by atoms with Crippen LogP contribution < -0.4 is 0 Å². The number of piperidine rings is 1. The summed E-state index contributed by atoms with van der Waals surface area (Å²) in [4.78, 5) is 15.4. The number of likely N-dealkylation sites (tertiary alicyclic amines) is 1. The van der Waals surface area contributed by atoms with Gasteiger partial charge in [-0.15, -0.1) is 0 Å². The van der Waals surface area contributed by atoms with Crippen molar-refractivity contribution >= 4 is 16.8 Å². The lowest BCUT2D eigenvalue weighted by molar-refractivity contribution is 0.0301. The van der Waals surface area contributed by atoms with Gasteiger partial charge in [-0.05, 0) is 31.0 Å². The first-order valence-electron chi connectivity index (χ1n) is 9.93. The highest BCUT2D eigenvalue weighted by Crippen LogP contribution is 2.30. The number of ether oxygens (including phenoxy) is 1. The SMILES string of the molecule is O=C(c1cc2ccccc2n1Cc1ccccc1F)N1CC[C@H]2OCC[C@H]2C1. The number of para-hydroxylation sites is 1. The number of carbonyl (C=O) groups excluding carboxylic acids is 1. The third-order valence-electron chi connectivity index (χ3n) is 6.09. The fourth-order valence-electron chi connectivity index (χ4n) is 4.58. The number of carbonyl (C=O) groups is 1. The lowest BCUT2D eigenvalue weighted by atomic mass is 9.94. The molecule has 3 heterocycles.